The van der Waals surface area contributed by atoms with Gasteiger partial charge in [0.15, 0.2) is 0 Å². The first kappa shape index (κ1) is 24.7. The number of carbonyl (C=O) groups is 3. The molecule has 3 fully saturated rings. The quantitative estimate of drug-likeness (QED) is 0.568. The number of hydrogen-bond donors (Lipinski definition) is 2. The highest BCUT2D eigenvalue weighted by Crippen LogP contribution is 2.60. The largest absolute Gasteiger partial charge is 0.356 e. The second kappa shape index (κ2) is 9.01. The van der Waals surface area contributed by atoms with Crippen molar-refractivity contribution >= 4 is 23.4 Å². The molecule has 3 aliphatic heterocycles. The number of anilines is 1. The molecule has 2 aromatic rings. The zero-order valence-corrected chi connectivity index (χ0v) is 21.0. The lowest BCUT2D eigenvalue weighted by atomic mass is 9.70. The number of halogens is 2. The number of hydrogen-bond acceptors (Lipinski definition) is 4. The molecular formula is C29H29F2N3O4. The zero-order chi connectivity index (χ0) is 26.7. The van der Waals surface area contributed by atoms with Gasteiger partial charge in [-0.2, -0.15) is 0 Å². The number of nitrogens with one attached hydrogen (secondary N) is 2. The van der Waals surface area contributed by atoms with Crippen LogP contribution in [-0.2, 0) is 25.7 Å². The first-order chi connectivity index (χ1) is 18.2. The number of carbonyl (C=O) groups excluding carboxylic acids is 3. The van der Waals surface area contributed by atoms with Crippen LogP contribution in [0.25, 0.3) is 0 Å². The third-order valence-electron chi connectivity index (χ3n) is 8.44. The maximum atomic E-state index is 14.4. The minimum Gasteiger partial charge on any atom is -0.356 e. The molecule has 1 spiro atoms. The first-order valence-corrected chi connectivity index (χ1v) is 13.0. The molecule has 6 rings (SSSR count). The lowest BCUT2D eigenvalue weighted by Gasteiger charge is -2.33. The Morgan fingerprint density at radius 3 is 2.37 bits per heavy atom. The van der Waals surface area contributed by atoms with Crippen LogP contribution in [0.4, 0.5) is 14.5 Å². The molecular weight excluding hydrogens is 492 g/mol. The number of benzene rings is 2. The molecule has 198 valence electrons. The van der Waals surface area contributed by atoms with Crippen molar-refractivity contribution in [2.24, 2.45) is 11.8 Å². The van der Waals surface area contributed by atoms with E-state index < -0.39 is 58.2 Å². The minimum absolute atomic E-state index is 0.0212. The summed E-state index contributed by atoms with van der Waals surface area (Å²) in [5, 5.41) is 5.47. The van der Waals surface area contributed by atoms with Gasteiger partial charge in [-0.25, -0.2) is 8.78 Å². The molecule has 0 radical (unpaired) electrons. The summed E-state index contributed by atoms with van der Waals surface area (Å²) in [5.74, 6) is -5.43. The Bertz CT molecular complexity index is 1310. The van der Waals surface area contributed by atoms with Crippen LogP contribution in [0, 0.1) is 23.5 Å². The maximum absolute atomic E-state index is 14.4. The van der Waals surface area contributed by atoms with Crippen molar-refractivity contribution in [3.05, 3.63) is 77.9 Å². The van der Waals surface area contributed by atoms with Crippen molar-refractivity contribution in [3.63, 3.8) is 0 Å². The van der Waals surface area contributed by atoms with Crippen molar-refractivity contribution in [2.75, 3.05) is 5.32 Å². The summed E-state index contributed by atoms with van der Waals surface area (Å²) in [5.41, 5.74) is -2.35. The van der Waals surface area contributed by atoms with Gasteiger partial charge in [0, 0.05) is 12.6 Å². The monoisotopic (exact) mass is 521 g/mol. The Morgan fingerprint density at radius 1 is 1.00 bits per heavy atom. The van der Waals surface area contributed by atoms with Gasteiger partial charge < -0.3 is 20.3 Å². The molecule has 3 amide bonds. The van der Waals surface area contributed by atoms with E-state index in [2.05, 4.69) is 10.6 Å². The average molecular weight is 522 g/mol. The lowest BCUT2D eigenvalue weighted by Crippen LogP contribution is -2.56. The van der Waals surface area contributed by atoms with Crippen LogP contribution in [0.2, 0.25) is 0 Å². The SMILES string of the molecule is C[C@]12C=C[C@@]3(O1)C(C(=O)NC1CCCC1)N(Cc1ccccc1)C(=O)[C@@H]3[C@@H]2C(=O)Nc1c(F)cccc1F. The highest BCUT2D eigenvalue weighted by Gasteiger charge is 2.76. The predicted octanol–water partition coefficient (Wildman–Crippen LogP) is 3.70. The van der Waals surface area contributed by atoms with Gasteiger partial charge in [0.05, 0.1) is 17.4 Å². The molecule has 2 bridgehead atoms. The van der Waals surface area contributed by atoms with E-state index in [1.165, 1.54) is 11.0 Å². The fraction of sp³-hybridized carbons (Fsp3) is 0.414. The van der Waals surface area contributed by atoms with Crippen LogP contribution in [0.15, 0.2) is 60.7 Å². The standard InChI is InChI=1S/C29H29F2N3O4/c1-28-14-15-29(38-28)22(21(28)25(35)33-23-19(30)12-7-13-20(23)31)27(37)34(16-17-8-3-2-4-9-17)24(29)26(36)32-18-10-5-6-11-18/h2-4,7-9,12-15,18,21-22,24H,5-6,10-11,16H2,1H3,(H,32,36)(H,33,35)/t21-,22+,24?,28-,29+/m1/s1. The van der Waals surface area contributed by atoms with E-state index in [9.17, 15) is 23.2 Å². The topological polar surface area (TPSA) is 87.7 Å². The fourth-order valence-electron chi connectivity index (χ4n) is 6.75. The highest BCUT2D eigenvalue weighted by atomic mass is 19.1. The fourth-order valence-corrected chi connectivity index (χ4v) is 6.75. The summed E-state index contributed by atoms with van der Waals surface area (Å²) in [6, 6.07) is 11.6. The summed E-state index contributed by atoms with van der Waals surface area (Å²) in [7, 11) is 0. The summed E-state index contributed by atoms with van der Waals surface area (Å²) in [6.45, 7) is 1.82. The summed E-state index contributed by atoms with van der Waals surface area (Å²) >= 11 is 0. The molecule has 38 heavy (non-hydrogen) atoms. The number of likely N-dealkylation sites (tertiary alicyclic amines) is 1. The summed E-state index contributed by atoms with van der Waals surface area (Å²) in [6.07, 6.45) is 7.22. The predicted molar refractivity (Wildman–Crippen MR) is 135 cm³/mol. The van der Waals surface area contributed by atoms with Gasteiger partial charge in [-0.3, -0.25) is 14.4 Å². The Kier molecular flexibility index (Phi) is 5.86. The molecule has 0 aromatic heterocycles. The molecule has 2 saturated heterocycles. The number of para-hydroxylation sites is 1. The molecule has 1 saturated carbocycles. The van der Waals surface area contributed by atoms with Gasteiger partial charge in [-0.15, -0.1) is 0 Å². The van der Waals surface area contributed by atoms with Crippen molar-refractivity contribution in [1.82, 2.24) is 10.2 Å². The Hall–Kier alpha value is -3.59. The van der Waals surface area contributed by atoms with Crippen molar-refractivity contribution < 1.29 is 27.9 Å². The minimum atomic E-state index is -1.38. The molecule has 2 aromatic carbocycles. The third kappa shape index (κ3) is 3.74. The molecule has 4 aliphatic rings. The number of nitrogens with zero attached hydrogens (tertiary/aromatic N) is 1. The van der Waals surface area contributed by atoms with Gasteiger partial charge in [0.25, 0.3) is 0 Å². The summed E-state index contributed by atoms with van der Waals surface area (Å²) in [4.78, 5) is 43.0. The van der Waals surface area contributed by atoms with E-state index in [4.69, 9.17) is 4.74 Å². The van der Waals surface area contributed by atoms with Crippen LogP contribution in [0.1, 0.15) is 38.2 Å². The number of rotatable bonds is 6. The van der Waals surface area contributed by atoms with Gasteiger partial charge >= 0.3 is 0 Å². The second-order valence-corrected chi connectivity index (χ2v) is 10.9. The molecule has 1 aliphatic carbocycles. The van der Waals surface area contributed by atoms with Crippen LogP contribution in [0.5, 0.6) is 0 Å². The number of amides is 3. The second-order valence-electron chi connectivity index (χ2n) is 10.9. The number of fused-ring (bicyclic) bond motifs is 1. The first-order valence-electron chi connectivity index (χ1n) is 13.0. The zero-order valence-electron chi connectivity index (χ0n) is 21.0. The lowest BCUT2D eigenvalue weighted by molar-refractivity contribution is -0.144. The number of ether oxygens (including phenoxy) is 1. The van der Waals surface area contributed by atoms with Gasteiger partial charge in [0.1, 0.15) is 29.0 Å². The van der Waals surface area contributed by atoms with Crippen LogP contribution < -0.4 is 10.6 Å². The van der Waals surface area contributed by atoms with Gasteiger partial charge in [-0.05, 0) is 37.5 Å². The van der Waals surface area contributed by atoms with E-state index in [1.54, 1.807) is 19.1 Å². The maximum Gasteiger partial charge on any atom is 0.246 e. The smallest absolute Gasteiger partial charge is 0.246 e. The van der Waals surface area contributed by atoms with Crippen molar-refractivity contribution in [3.8, 4) is 0 Å². The third-order valence-corrected chi connectivity index (χ3v) is 8.44. The van der Waals surface area contributed by atoms with E-state index in [0.717, 1.165) is 43.4 Å². The molecule has 7 nitrogen and oxygen atoms in total. The summed E-state index contributed by atoms with van der Waals surface area (Å²) < 4.78 is 35.2. The Labute approximate surface area is 219 Å². The van der Waals surface area contributed by atoms with Crippen molar-refractivity contribution in [1.29, 1.82) is 0 Å². The van der Waals surface area contributed by atoms with E-state index in [1.807, 2.05) is 30.3 Å². The van der Waals surface area contributed by atoms with Crippen LogP contribution in [0.3, 0.4) is 0 Å². The van der Waals surface area contributed by atoms with E-state index in [-0.39, 0.29) is 18.5 Å². The van der Waals surface area contributed by atoms with Crippen molar-refractivity contribution in [2.45, 2.75) is 62.4 Å². The van der Waals surface area contributed by atoms with Gasteiger partial charge in [0.2, 0.25) is 17.7 Å². The molecule has 1 unspecified atom stereocenters. The molecule has 2 N–H and O–H groups in total. The average Bonchev–Trinajstić information content (AvgIpc) is 3.62. The van der Waals surface area contributed by atoms with Gasteiger partial charge in [-0.1, -0.05) is 61.4 Å². The van der Waals surface area contributed by atoms with E-state index in [0.29, 0.717) is 0 Å². The Morgan fingerprint density at radius 2 is 1.68 bits per heavy atom. The van der Waals surface area contributed by atoms with Crippen LogP contribution in [-0.4, -0.2) is 45.9 Å². The molecule has 5 atom stereocenters. The Balaban J connectivity index is 1.37. The molecule has 3 heterocycles. The van der Waals surface area contributed by atoms with E-state index >= 15 is 0 Å². The molecule has 9 heteroatoms. The highest BCUT2D eigenvalue weighted by molar-refractivity contribution is 6.03. The van der Waals surface area contributed by atoms with Crippen LogP contribution >= 0.6 is 0 Å². The normalized spacial score (nSPS) is 31.6.